The van der Waals surface area contributed by atoms with E-state index in [1.165, 1.54) is 60.5 Å². The number of H-pyrrole nitrogens is 1. The Labute approximate surface area is 734 Å². The molecule has 0 radical (unpaired) electrons. The van der Waals surface area contributed by atoms with Crippen molar-refractivity contribution in [1.82, 2.24) is 65.0 Å². The van der Waals surface area contributed by atoms with Crippen LogP contribution in [0.1, 0.15) is 485 Å². The Morgan fingerprint density at radius 1 is 0.500 bits per heavy atom. The lowest BCUT2D eigenvalue weighted by Gasteiger charge is -2.16. The summed E-state index contributed by atoms with van der Waals surface area (Å²) in [6.45, 7) is 87.6. The van der Waals surface area contributed by atoms with Gasteiger partial charge in [-0.25, -0.2) is 19.6 Å². The topological polar surface area (TPSA) is 220 Å². The van der Waals surface area contributed by atoms with Crippen LogP contribution in [0.2, 0.25) is 0 Å². The molecule has 21 heteroatoms. The molecule has 18 nitrogen and oxygen atoms in total. The molecule has 1 N–H and O–H groups in total. The Bertz CT molecular complexity index is 4180. The number of halogens is 1. The molecule has 0 amide bonds. The third kappa shape index (κ3) is 36.5. The van der Waals surface area contributed by atoms with Crippen molar-refractivity contribution in [3.63, 3.8) is 0 Å². The molecular weight excluding hydrogens is 1530 g/mol. The van der Waals surface area contributed by atoms with E-state index in [1.54, 1.807) is 6.26 Å². The van der Waals surface area contributed by atoms with Crippen LogP contribution in [0.15, 0.2) is 111 Å². The normalized spacial score (nSPS) is 12.6. The highest BCUT2D eigenvalue weighted by molar-refractivity contribution is 7.18. The van der Waals surface area contributed by atoms with Crippen molar-refractivity contribution in [3.8, 4) is 6.07 Å². The van der Waals surface area contributed by atoms with E-state index in [-0.39, 0.29) is 11.9 Å². The number of fused-ring (bicyclic) bond motifs is 1. The number of aromatic nitrogens is 13. The van der Waals surface area contributed by atoms with Crippen LogP contribution in [0.5, 0.6) is 0 Å². The number of rotatable bonds is 20. The number of azo groups is 2. The first kappa shape index (κ1) is 108. The van der Waals surface area contributed by atoms with Gasteiger partial charge in [-0.05, 0) is 184 Å². The zero-order valence-corrected chi connectivity index (χ0v) is 83.6. The number of allylic oxidation sites excluding steroid dienone is 1. The Morgan fingerprint density at radius 3 is 1.44 bits per heavy atom. The van der Waals surface area contributed by atoms with Crippen molar-refractivity contribution in [2.24, 2.45) is 11.0 Å². The van der Waals surface area contributed by atoms with Crippen LogP contribution >= 0.6 is 22.7 Å². The summed E-state index contributed by atoms with van der Waals surface area (Å²) < 4.78 is 31.0. The van der Waals surface area contributed by atoms with E-state index in [4.69, 9.17) is 14.2 Å². The summed E-state index contributed by atoms with van der Waals surface area (Å²) in [7, 11) is 0. The molecule has 0 spiro atoms. The first-order valence-electron chi connectivity index (χ1n) is 44.4. The Morgan fingerprint density at radius 2 is 1.07 bits per heavy atom. The molecule has 10 heterocycles. The summed E-state index contributed by atoms with van der Waals surface area (Å²) in [5.74, 6) is 9.74. The van der Waals surface area contributed by atoms with Gasteiger partial charge in [-0.3, -0.25) is 10.1 Å². The fourth-order valence-corrected chi connectivity index (χ4v) is 13.5. The number of hydrogen-bond donors (Lipinski definition) is 1. The summed E-state index contributed by atoms with van der Waals surface area (Å²) in [6, 6.07) is 24.9. The largest absolute Gasteiger partial charge is 0.448 e. The SMILES string of the molecule is CC(C)c1cc(C(C)C)[nH]n1.CC(C)c1cc(C(C)C)on1.CC(C)c1ccc(C#N)n1C(C)C.CC(C)c1ccnc(C(C)C)c1.CC(C)c1cn(C(C)C)nn1.CC(C)c1cnnc(C(C)C)c1.CC(C)c1coc(C(C)C)n1.CC(C)c1nc(F)c(C(C)C)s1.CC(C)c1nc2cccc(C(C)C)c2s1.CC1C=C(C(C)C)[N+](C(C)C)=N1. The van der Waals surface area contributed by atoms with Gasteiger partial charge in [-0.2, -0.15) is 24.9 Å². The van der Waals surface area contributed by atoms with Gasteiger partial charge in [-0.1, -0.05) is 263 Å². The standard InChI is InChI=1S/C13H17NS.C11H16N2.C11H17N.C10H19N2.C10H16N2.C9H14FNS.C9H16N2.2C9H15NO.C8H15N3/c1-8(2)10-6-5-7-11-12(10)15-13(14-11)9(3)4;1-8(2)11-6-5-10(7-12)13(11)9(3)4;1-8(2)10-5-6-12-11(7-10)9(3)4;1-7(2)10-6-9(5)11-12(10)8(3)4;1-7(2)9-5-10(8(3)4)12-11-6-9;1-5(2)7-8(10)11-9(12-7)6(3)4;1-6(2)8-5-9(7(3)4)11-10-8;1-6(2)8-5-11-9(10-8)7(3)4;1-6(2)8-5-9(7(3)4)11-10-8;1-6(2)8-5-11(7(3)4)10-9-8/h5-9H,1-4H3;5-6,8-9H,1-4H3;5-9H,1-4H3;6-9H,1-5H3;5-8H,1-4H3;5-6H,1-4H3;5-7H,1-4H3,(H,10,11);3*5-7H,1-4H3/q;;;+1;;;;;;. The fraction of sp³-hybridized carbons (Fsp3) is 0.626. The van der Waals surface area contributed by atoms with Crippen LogP contribution in [-0.4, -0.2) is 81.8 Å². The quantitative estimate of drug-likeness (QED) is 0.0703. The van der Waals surface area contributed by atoms with Gasteiger partial charge in [0.2, 0.25) is 11.6 Å². The zero-order valence-electron chi connectivity index (χ0n) is 82.0. The highest BCUT2D eigenvalue weighted by Gasteiger charge is 2.30. The maximum absolute atomic E-state index is 13.1. The average molecular weight is 1690 g/mol. The molecule has 0 saturated carbocycles. The monoisotopic (exact) mass is 1690 g/mol. The number of benzene rings is 1. The molecule has 10 aromatic rings. The number of oxazole rings is 1. The molecular formula is C99H160FN16O2S2+. The second kappa shape index (κ2) is 53.0. The smallest absolute Gasteiger partial charge is 0.227 e. The van der Waals surface area contributed by atoms with Crippen molar-refractivity contribution >= 4 is 32.9 Å². The predicted octanol–water partition coefficient (Wildman–Crippen LogP) is 30.5. The van der Waals surface area contributed by atoms with Crippen LogP contribution < -0.4 is 0 Å². The molecule has 1 atom stereocenters. The van der Waals surface area contributed by atoms with E-state index in [2.05, 4.69) is 381 Å². The lowest BCUT2D eigenvalue weighted by atomic mass is 10.0. The van der Waals surface area contributed by atoms with E-state index < -0.39 is 0 Å². The highest BCUT2D eigenvalue weighted by Crippen LogP contribution is 2.35. The maximum Gasteiger partial charge on any atom is 0.227 e. The summed E-state index contributed by atoms with van der Waals surface area (Å²) >= 11 is 3.34. The number of nitrogens with zero attached hydrogens (tertiary/aromatic N) is 15. The first-order valence-corrected chi connectivity index (χ1v) is 46.1. The van der Waals surface area contributed by atoms with Crippen LogP contribution in [0, 0.1) is 23.2 Å². The van der Waals surface area contributed by atoms with E-state index in [9.17, 15) is 4.39 Å². The van der Waals surface area contributed by atoms with Crippen molar-refractivity contribution in [2.45, 2.75) is 403 Å². The van der Waals surface area contributed by atoms with Gasteiger partial charge in [0.15, 0.2) is 11.9 Å². The summed E-state index contributed by atoms with van der Waals surface area (Å²) in [5.41, 5.74) is 16.5. The highest BCUT2D eigenvalue weighted by atomic mass is 32.1. The molecule has 1 aliphatic rings. The van der Waals surface area contributed by atoms with Gasteiger partial charge in [0.25, 0.3) is 0 Å². The molecule has 666 valence electrons. The van der Waals surface area contributed by atoms with E-state index >= 15 is 0 Å². The maximum atomic E-state index is 13.1. The zero-order chi connectivity index (χ0) is 91.6. The second-order valence-electron chi connectivity index (χ2n) is 37.3. The minimum absolute atomic E-state index is 0.245. The number of pyridine rings is 1. The van der Waals surface area contributed by atoms with Crippen LogP contribution in [0.4, 0.5) is 4.39 Å². The number of aromatic amines is 1. The molecule has 120 heavy (non-hydrogen) atoms. The van der Waals surface area contributed by atoms with E-state index in [1.807, 2.05) is 80.5 Å². The lowest BCUT2D eigenvalue weighted by Crippen LogP contribution is -2.18. The van der Waals surface area contributed by atoms with Crippen molar-refractivity contribution in [1.29, 1.82) is 5.26 Å². The Kier molecular flexibility index (Phi) is 47.6. The van der Waals surface area contributed by atoms with Gasteiger partial charge < -0.3 is 13.5 Å². The second-order valence-corrected chi connectivity index (χ2v) is 39.4. The minimum atomic E-state index is -0.279. The number of thiazole rings is 2. The lowest BCUT2D eigenvalue weighted by molar-refractivity contribution is -0.578. The molecule has 1 aromatic carbocycles. The molecule has 0 saturated heterocycles. The van der Waals surface area contributed by atoms with Gasteiger partial charge in [0, 0.05) is 83.3 Å². The van der Waals surface area contributed by atoms with Crippen LogP contribution in [0.3, 0.4) is 0 Å². The molecule has 0 aliphatic carbocycles. The molecule has 0 fully saturated rings. The van der Waals surface area contributed by atoms with Crippen LogP contribution in [0.25, 0.3) is 10.2 Å². The minimum Gasteiger partial charge on any atom is -0.448 e. The van der Waals surface area contributed by atoms with Gasteiger partial charge >= 0.3 is 0 Å². The fourth-order valence-electron chi connectivity index (χ4n) is 11.3. The first-order chi connectivity index (χ1) is 55.9. The summed E-state index contributed by atoms with van der Waals surface area (Å²) in [4.78, 5) is 18.0. The van der Waals surface area contributed by atoms with Crippen molar-refractivity contribution in [2.75, 3.05) is 0 Å². The third-order valence-corrected chi connectivity index (χ3v) is 22.3. The number of hydrogen-bond acceptors (Lipinski definition) is 16. The van der Waals surface area contributed by atoms with Crippen LogP contribution in [-0.2, 0) is 0 Å². The van der Waals surface area contributed by atoms with Crippen molar-refractivity contribution < 1.29 is 18.0 Å². The summed E-state index contributed by atoms with van der Waals surface area (Å²) in [6.07, 6.45) is 9.77. The Balaban J connectivity index is 0.000000453. The molecule has 0 bridgehead atoms. The molecule has 1 unspecified atom stereocenters. The number of nitriles is 1. The summed E-state index contributed by atoms with van der Waals surface area (Å²) in [5, 5.41) is 42.9. The molecule has 11 rings (SSSR count). The van der Waals surface area contributed by atoms with Gasteiger partial charge in [0.05, 0.1) is 59.8 Å². The average Bonchev–Trinajstić information content (AvgIpc) is 1.65. The Hall–Kier alpha value is -8.22. The molecule has 9 aromatic heterocycles. The third-order valence-electron chi connectivity index (χ3n) is 19.3. The van der Waals surface area contributed by atoms with E-state index in [0.29, 0.717) is 119 Å². The number of nitrogens with one attached hydrogen (secondary N) is 1. The molecule has 1 aliphatic heterocycles. The van der Waals surface area contributed by atoms with Crippen molar-refractivity contribution in [3.05, 3.63) is 198 Å². The predicted molar refractivity (Wildman–Crippen MR) is 505 cm³/mol. The van der Waals surface area contributed by atoms with E-state index in [0.717, 1.165) is 61.2 Å². The van der Waals surface area contributed by atoms with Gasteiger partial charge in [-0.15, -0.1) is 27.8 Å². The van der Waals surface area contributed by atoms with Gasteiger partial charge in [0.1, 0.15) is 29.8 Å².